The van der Waals surface area contributed by atoms with Crippen LogP contribution in [0, 0.1) is 5.92 Å². The first kappa shape index (κ1) is 16.8. The van der Waals surface area contributed by atoms with Crippen molar-refractivity contribution in [2.75, 3.05) is 12.3 Å². The van der Waals surface area contributed by atoms with E-state index >= 15 is 0 Å². The van der Waals surface area contributed by atoms with E-state index in [9.17, 15) is 9.59 Å². The number of nitrogens with two attached hydrogens (primary N) is 2. The van der Waals surface area contributed by atoms with E-state index in [1.807, 2.05) is 0 Å². The second-order valence-corrected chi connectivity index (χ2v) is 5.32. The van der Waals surface area contributed by atoms with Gasteiger partial charge in [-0.15, -0.1) is 0 Å². The third kappa shape index (κ3) is 4.98. The Labute approximate surface area is 124 Å². The molecule has 0 fully saturated rings. The van der Waals surface area contributed by atoms with Gasteiger partial charge in [0, 0.05) is 6.54 Å². The van der Waals surface area contributed by atoms with Crippen LogP contribution in [0.5, 0.6) is 5.75 Å². The van der Waals surface area contributed by atoms with E-state index in [1.165, 1.54) is 6.07 Å². The average Bonchev–Trinajstić information content (AvgIpc) is 2.40. The molecule has 2 amide bonds. The Morgan fingerprint density at radius 1 is 1.29 bits per heavy atom. The Hall–Kier alpha value is -2.24. The van der Waals surface area contributed by atoms with Crippen molar-refractivity contribution in [1.29, 1.82) is 0 Å². The summed E-state index contributed by atoms with van der Waals surface area (Å²) in [7, 11) is 0. The monoisotopic (exact) mass is 293 g/mol. The van der Waals surface area contributed by atoms with Gasteiger partial charge in [0.15, 0.2) is 11.9 Å². The van der Waals surface area contributed by atoms with Crippen LogP contribution in [0.4, 0.5) is 5.69 Å². The number of para-hydroxylation sites is 1. The minimum atomic E-state index is -0.764. The smallest absolute Gasteiger partial charge is 0.260 e. The van der Waals surface area contributed by atoms with Crippen molar-refractivity contribution >= 4 is 17.5 Å². The van der Waals surface area contributed by atoms with Crippen LogP contribution in [-0.4, -0.2) is 24.5 Å². The summed E-state index contributed by atoms with van der Waals surface area (Å²) < 4.78 is 5.52. The predicted molar refractivity (Wildman–Crippen MR) is 81.9 cm³/mol. The van der Waals surface area contributed by atoms with Gasteiger partial charge in [0.05, 0.1) is 11.3 Å². The average molecular weight is 293 g/mol. The minimum absolute atomic E-state index is 0.150. The maximum Gasteiger partial charge on any atom is 0.260 e. The number of hydrogen-bond acceptors (Lipinski definition) is 4. The molecule has 0 aliphatic carbocycles. The molecule has 1 aromatic carbocycles. The number of primary amides is 1. The molecule has 0 aliphatic rings. The van der Waals surface area contributed by atoms with Crippen LogP contribution in [0.15, 0.2) is 18.2 Å². The van der Waals surface area contributed by atoms with E-state index in [1.54, 1.807) is 19.1 Å². The Morgan fingerprint density at radius 3 is 2.52 bits per heavy atom. The third-order valence-corrected chi connectivity index (χ3v) is 3.00. The highest BCUT2D eigenvalue weighted by Gasteiger charge is 2.19. The fourth-order valence-electron chi connectivity index (χ4n) is 1.74. The molecular formula is C15H23N3O3. The van der Waals surface area contributed by atoms with Gasteiger partial charge in [-0.25, -0.2) is 0 Å². The normalized spacial score (nSPS) is 12.0. The van der Waals surface area contributed by atoms with E-state index in [0.29, 0.717) is 12.5 Å². The molecule has 21 heavy (non-hydrogen) atoms. The first-order chi connectivity index (χ1) is 9.82. The van der Waals surface area contributed by atoms with E-state index in [-0.39, 0.29) is 22.9 Å². The topological polar surface area (TPSA) is 107 Å². The molecule has 0 radical (unpaired) electrons. The first-order valence-electron chi connectivity index (χ1n) is 6.95. The zero-order valence-corrected chi connectivity index (χ0v) is 12.7. The summed E-state index contributed by atoms with van der Waals surface area (Å²) in [6, 6.07) is 4.71. The van der Waals surface area contributed by atoms with Gasteiger partial charge in [-0.3, -0.25) is 9.59 Å². The lowest BCUT2D eigenvalue weighted by molar-refractivity contribution is -0.127. The highest BCUT2D eigenvalue weighted by atomic mass is 16.5. The van der Waals surface area contributed by atoms with Gasteiger partial charge in [-0.05, 0) is 31.4 Å². The molecule has 1 atom stereocenters. The Bertz CT molecular complexity index is 515. The van der Waals surface area contributed by atoms with Crippen LogP contribution in [0.25, 0.3) is 0 Å². The Morgan fingerprint density at radius 2 is 1.95 bits per heavy atom. The molecule has 1 rings (SSSR count). The molecule has 0 aliphatic heterocycles. The van der Waals surface area contributed by atoms with Crippen LogP contribution in [0.2, 0.25) is 0 Å². The first-order valence-corrected chi connectivity index (χ1v) is 6.95. The molecule has 0 saturated carbocycles. The van der Waals surface area contributed by atoms with Crippen LogP contribution >= 0.6 is 0 Å². The Balaban J connectivity index is 2.72. The molecule has 6 nitrogen and oxygen atoms in total. The summed E-state index contributed by atoms with van der Waals surface area (Å²) >= 11 is 0. The summed E-state index contributed by atoms with van der Waals surface area (Å²) in [6.07, 6.45) is 0.123. The van der Waals surface area contributed by atoms with E-state index in [0.717, 1.165) is 6.42 Å². The van der Waals surface area contributed by atoms with Crippen molar-refractivity contribution in [2.45, 2.75) is 33.3 Å². The highest BCUT2D eigenvalue weighted by Crippen LogP contribution is 2.27. The fourth-order valence-corrected chi connectivity index (χ4v) is 1.74. The van der Waals surface area contributed by atoms with Crippen molar-refractivity contribution in [3.63, 3.8) is 0 Å². The zero-order chi connectivity index (χ0) is 16.0. The van der Waals surface area contributed by atoms with Gasteiger partial charge >= 0.3 is 0 Å². The lowest BCUT2D eigenvalue weighted by atomic mass is 10.1. The molecule has 0 aromatic heterocycles. The molecule has 0 spiro atoms. The lowest BCUT2D eigenvalue weighted by Gasteiger charge is -2.18. The number of carbonyl (C=O) groups excluding carboxylic acids is 2. The predicted octanol–water partition coefficient (Wildman–Crippen LogP) is 1.30. The van der Waals surface area contributed by atoms with E-state index < -0.39 is 12.0 Å². The van der Waals surface area contributed by atoms with E-state index in [4.69, 9.17) is 16.2 Å². The summed E-state index contributed by atoms with van der Waals surface area (Å²) in [5.74, 6) is -0.247. The molecule has 6 heteroatoms. The van der Waals surface area contributed by atoms with Crippen LogP contribution in [0.3, 0.4) is 0 Å². The largest absolute Gasteiger partial charge is 0.478 e. The minimum Gasteiger partial charge on any atom is -0.478 e. The number of benzene rings is 1. The van der Waals surface area contributed by atoms with E-state index in [2.05, 4.69) is 19.2 Å². The van der Waals surface area contributed by atoms with Crippen molar-refractivity contribution < 1.29 is 14.3 Å². The number of amides is 2. The number of nitrogens with one attached hydrogen (secondary N) is 1. The molecule has 0 bridgehead atoms. The number of carbonyl (C=O) groups is 2. The number of hydrogen-bond donors (Lipinski definition) is 3. The molecule has 0 saturated heterocycles. The van der Waals surface area contributed by atoms with Gasteiger partial charge in [0.1, 0.15) is 0 Å². The maximum absolute atomic E-state index is 11.9. The Kier molecular flexibility index (Phi) is 6.02. The number of nitrogen functional groups attached to an aromatic ring is 1. The molecular weight excluding hydrogens is 270 g/mol. The van der Waals surface area contributed by atoms with Gasteiger partial charge in [-0.2, -0.15) is 0 Å². The maximum atomic E-state index is 11.9. The summed E-state index contributed by atoms with van der Waals surface area (Å²) in [6.45, 7) is 6.34. The standard InChI is InChI=1S/C15H23N3O3/c1-9(2)7-8-18-15(20)10(3)21-13-11(14(17)19)5-4-6-12(13)16/h4-6,9-10H,7-8,16H2,1-3H3,(H2,17,19)(H,18,20). The van der Waals surface area contributed by atoms with Gasteiger partial charge in [0.2, 0.25) is 0 Å². The van der Waals surface area contributed by atoms with Gasteiger partial charge < -0.3 is 21.5 Å². The summed E-state index contributed by atoms with van der Waals surface area (Å²) in [4.78, 5) is 23.3. The third-order valence-electron chi connectivity index (χ3n) is 3.00. The van der Waals surface area contributed by atoms with Gasteiger partial charge in [0.25, 0.3) is 11.8 Å². The van der Waals surface area contributed by atoms with Crippen molar-refractivity contribution in [2.24, 2.45) is 11.7 Å². The molecule has 1 aromatic rings. The lowest BCUT2D eigenvalue weighted by Crippen LogP contribution is -2.37. The number of rotatable bonds is 7. The van der Waals surface area contributed by atoms with Crippen molar-refractivity contribution in [3.05, 3.63) is 23.8 Å². The van der Waals surface area contributed by atoms with Crippen molar-refractivity contribution in [3.8, 4) is 5.75 Å². The summed E-state index contributed by atoms with van der Waals surface area (Å²) in [5.41, 5.74) is 11.5. The van der Waals surface area contributed by atoms with Crippen LogP contribution in [-0.2, 0) is 4.79 Å². The van der Waals surface area contributed by atoms with Crippen LogP contribution in [0.1, 0.15) is 37.6 Å². The molecule has 1 unspecified atom stereocenters. The SMILES string of the molecule is CC(C)CCNC(=O)C(C)Oc1c(N)cccc1C(N)=O. The summed E-state index contributed by atoms with van der Waals surface area (Å²) in [5, 5.41) is 2.78. The van der Waals surface area contributed by atoms with Crippen LogP contribution < -0.4 is 21.5 Å². The second kappa shape index (κ2) is 7.52. The van der Waals surface area contributed by atoms with Gasteiger partial charge in [-0.1, -0.05) is 19.9 Å². The number of ether oxygens (including phenoxy) is 1. The number of anilines is 1. The second-order valence-electron chi connectivity index (χ2n) is 5.32. The fraction of sp³-hybridized carbons (Fsp3) is 0.467. The highest BCUT2D eigenvalue weighted by molar-refractivity contribution is 5.97. The van der Waals surface area contributed by atoms with Crippen molar-refractivity contribution in [1.82, 2.24) is 5.32 Å². The molecule has 116 valence electrons. The zero-order valence-electron chi connectivity index (χ0n) is 12.7. The molecule has 5 N–H and O–H groups in total. The quantitative estimate of drug-likeness (QED) is 0.658. The molecule has 0 heterocycles.